The Kier molecular flexibility index (Phi) is 6.03. The van der Waals surface area contributed by atoms with E-state index < -0.39 is 12.0 Å². The molecule has 0 aromatic rings. The predicted molar refractivity (Wildman–Crippen MR) is 81.1 cm³/mol. The highest BCUT2D eigenvalue weighted by molar-refractivity contribution is 5.77. The Labute approximate surface area is 127 Å². The number of carbonyl (C=O) groups is 2. The molecule has 1 aliphatic heterocycles. The number of hydrogen-bond acceptors (Lipinski definition) is 3. The highest BCUT2D eigenvalue weighted by Gasteiger charge is 2.29. The molecule has 0 aromatic carbocycles. The van der Waals surface area contributed by atoms with Crippen molar-refractivity contribution >= 4 is 11.9 Å². The molecule has 5 heteroatoms. The maximum absolute atomic E-state index is 12.3. The minimum atomic E-state index is -0.750. The van der Waals surface area contributed by atoms with E-state index in [1.165, 1.54) is 32.1 Å². The summed E-state index contributed by atoms with van der Waals surface area (Å²) < 4.78 is 0. The molecule has 1 aliphatic carbocycles. The van der Waals surface area contributed by atoms with Gasteiger partial charge in [0.1, 0.15) is 6.04 Å². The van der Waals surface area contributed by atoms with Gasteiger partial charge in [-0.3, -0.25) is 14.5 Å². The molecule has 1 amide bonds. The van der Waals surface area contributed by atoms with Gasteiger partial charge in [0, 0.05) is 32.6 Å². The van der Waals surface area contributed by atoms with Crippen molar-refractivity contribution in [3.8, 4) is 0 Å². The third kappa shape index (κ3) is 4.43. The van der Waals surface area contributed by atoms with E-state index in [-0.39, 0.29) is 5.91 Å². The molecule has 1 saturated heterocycles. The first kappa shape index (κ1) is 16.3. The lowest BCUT2D eigenvalue weighted by Gasteiger charge is -2.38. The molecule has 2 rings (SSSR count). The highest BCUT2D eigenvalue weighted by Crippen LogP contribution is 2.27. The van der Waals surface area contributed by atoms with Crippen LogP contribution in [-0.2, 0) is 9.59 Å². The smallest absolute Gasteiger partial charge is 0.320 e. The van der Waals surface area contributed by atoms with Crippen LogP contribution in [0.4, 0.5) is 0 Å². The molecular formula is C16H28N2O3. The second kappa shape index (κ2) is 7.78. The summed E-state index contributed by atoms with van der Waals surface area (Å²) in [5.41, 5.74) is 0. The Balaban J connectivity index is 1.77. The molecule has 1 heterocycles. The fraction of sp³-hybridized carbons (Fsp3) is 0.875. The summed E-state index contributed by atoms with van der Waals surface area (Å²) in [5, 5.41) is 9.19. The van der Waals surface area contributed by atoms with Crippen molar-refractivity contribution in [3.63, 3.8) is 0 Å². The Bertz CT molecular complexity index is 359. The number of piperazine rings is 1. The Morgan fingerprint density at radius 2 is 1.71 bits per heavy atom. The predicted octanol–water partition coefficient (Wildman–Crippen LogP) is 1.96. The molecule has 1 saturated carbocycles. The summed E-state index contributed by atoms with van der Waals surface area (Å²) >= 11 is 0. The number of amides is 1. The van der Waals surface area contributed by atoms with E-state index in [0.29, 0.717) is 44.9 Å². The second-order valence-corrected chi connectivity index (χ2v) is 6.39. The Hall–Kier alpha value is -1.10. The molecule has 1 atom stereocenters. The monoisotopic (exact) mass is 296 g/mol. The van der Waals surface area contributed by atoms with Gasteiger partial charge >= 0.3 is 5.97 Å². The molecule has 0 bridgehead atoms. The lowest BCUT2D eigenvalue weighted by Crippen LogP contribution is -2.54. The summed E-state index contributed by atoms with van der Waals surface area (Å²) in [6.07, 6.45) is 7.55. The van der Waals surface area contributed by atoms with Crippen LogP contribution in [0.25, 0.3) is 0 Å². The number of rotatable bonds is 5. The molecule has 21 heavy (non-hydrogen) atoms. The molecule has 1 unspecified atom stereocenters. The standard InChI is InChI=1S/C16H28N2O3/c1-2-14(16(20)21)17-8-10-18(11-9-17)15(19)12-13-6-4-3-5-7-13/h13-14H,2-12H2,1H3,(H,20,21). The zero-order chi connectivity index (χ0) is 15.2. The third-order valence-corrected chi connectivity index (χ3v) is 4.97. The van der Waals surface area contributed by atoms with E-state index in [1.54, 1.807) is 0 Å². The van der Waals surface area contributed by atoms with Gasteiger partial charge in [0.15, 0.2) is 0 Å². The quantitative estimate of drug-likeness (QED) is 0.842. The van der Waals surface area contributed by atoms with Crippen LogP contribution in [0.3, 0.4) is 0 Å². The van der Waals surface area contributed by atoms with E-state index in [4.69, 9.17) is 0 Å². The van der Waals surface area contributed by atoms with Crippen LogP contribution < -0.4 is 0 Å². The van der Waals surface area contributed by atoms with Gasteiger partial charge in [-0.15, -0.1) is 0 Å². The Morgan fingerprint density at radius 3 is 2.24 bits per heavy atom. The fourth-order valence-corrected chi connectivity index (χ4v) is 3.64. The van der Waals surface area contributed by atoms with E-state index >= 15 is 0 Å². The van der Waals surface area contributed by atoms with Crippen LogP contribution in [0, 0.1) is 5.92 Å². The van der Waals surface area contributed by atoms with Gasteiger partial charge in [-0.25, -0.2) is 0 Å². The van der Waals surface area contributed by atoms with Gasteiger partial charge in [-0.2, -0.15) is 0 Å². The molecule has 2 fully saturated rings. The normalized spacial score (nSPS) is 23.0. The number of carbonyl (C=O) groups excluding carboxylic acids is 1. The molecule has 1 N–H and O–H groups in total. The van der Waals surface area contributed by atoms with Crippen molar-refractivity contribution in [2.45, 2.75) is 57.9 Å². The van der Waals surface area contributed by atoms with E-state index in [0.717, 1.165) is 0 Å². The molecule has 2 aliphatic rings. The molecule has 0 radical (unpaired) electrons. The van der Waals surface area contributed by atoms with Gasteiger partial charge in [-0.05, 0) is 25.2 Å². The van der Waals surface area contributed by atoms with Gasteiger partial charge in [0.05, 0.1) is 0 Å². The minimum absolute atomic E-state index is 0.268. The summed E-state index contributed by atoms with van der Waals surface area (Å²) in [4.78, 5) is 27.4. The van der Waals surface area contributed by atoms with Crippen LogP contribution in [0.15, 0.2) is 0 Å². The van der Waals surface area contributed by atoms with Crippen LogP contribution >= 0.6 is 0 Å². The van der Waals surface area contributed by atoms with Gasteiger partial charge in [0.2, 0.25) is 5.91 Å². The Morgan fingerprint density at radius 1 is 1.10 bits per heavy atom. The van der Waals surface area contributed by atoms with Crippen molar-refractivity contribution in [3.05, 3.63) is 0 Å². The number of nitrogens with zero attached hydrogens (tertiary/aromatic N) is 2. The van der Waals surface area contributed by atoms with Gasteiger partial charge in [-0.1, -0.05) is 26.2 Å². The van der Waals surface area contributed by atoms with E-state index in [9.17, 15) is 14.7 Å². The zero-order valence-corrected chi connectivity index (χ0v) is 13.1. The second-order valence-electron chi connectivity index (χ2n) is 6.39. The number of hydrogen-bond donors (Lipinski definition) is 1. The zero-order valence-electron chi connectivity index (χ0n) is 13.1. The summed E-state index contributed by atoms with van der Waals surface area (Å²) in [6, 6.07) is -0.402. The van der Waals surface area contributed by atoms with Crippen molar-refractivity contribution in [1.82, 2.24) is 9.80 Å². The number of carboxylic acid groups (broad SMARTS) is 1. The lowest BCUT2D eigenvalue weighted by atomic mass is 9.86. The van der Waals surface area contributed by atoms with Crippen molar-refractivity contribution in [1.29, 1.82) is 0 Å². The SMILES string of the molecule is CCC(C(=O)O)N1CCN(C(=O)CC2CCCCC2)CC1. The number of carboxylic acids is 1. The third-order valence-electron chi connectivity index (χ3n) is 4.97. The molecular weight excluding hydrogens is 268 g/mol. The van der Waals surface area contributed by atoms with E-state index in [2.05, 4.69) is 0 Å². The molecule has 0 aromatic heterocycles. The summed E-state index contributed by atoms with van der Waals surface area (Å²) in [6.45, 7) is 4.62. The van der Waals surface area contributed by atoms with Crippen LogP contribution in [0.1, 0.15) is 51.9 Å². The largest absolute Gasteiger partial charge is 0.480 e. The van der Waals surface area contributed by atoms with Crippen LogP contribution in [-0.4, -0.2) is 59.0 Å². The molecule has 0 spiro atoms. The van der Waals surface area contributed by atoms with Gasteiger partial charge in [0.25, 0.3) is 0 Å². The molecule has 5 nitrogen and oxygen atoms in total. The van der Waals surface area contributed by atoms with Crippen molar-refractivity contribution in [2.75, 3.05) is 26.2 Å². The summed E-state index contributed by atoms with van der Waals surface area (Å²) in [5.74, 6) is 0.0936. The van der Waals surface area contributed by atoms with Crippen molar-refractivity contribution < 1.29 is 14.7 Å². The average molecular weight is 296 g/mol. The van der Waals surface area contributed by atoms with Gasteiger partial charge < -0.3 is 10.0 Å². The fourth-order valence-electron chi connectivity index (χ4n) is 3.64. The number of aliphatic carboxylic acids is 1. The average Bonchev–Trinajstić information content (AvgIpc) is 2.49. The van der Waals surface area contributed by atoms with E-state index in [1.807, 2.05) is 16.7 Å². The molecule has 120 valence electrons. The maximum atomic E-state index is 12.3. The first-order chi connectivity index (χ1) is 10.1. The maximum Gasteiger partial charge on any atom is 0.320 e. The first-order valence-electron chi connectivity index (χ1n) is 8.36. The minimum Gasteiger partial charge on any atom is -0.480 e. The highest BCUT2D eigenvalue weighted by atomic mass is 16.4. The van der Waals surface area contributed by atoms with Crippen LogP contribution in [0.2, 0.25) is 0 Å². The van der Waals surface area contributed by atoms with Crippen LogP contribution in [0.5, 0.6) is 0 Å². The lowest BCUT2D eigenvalue weighted by molar-refractivity contribution is -0.145. The summed E-state index contributed by atoms with van der Waals surface area (Å²) in [7, 11) is 0. The topological polar surface area (TPSA) is 60.9 Å². The van der Waals surface area contributed by atoms with Crippen molar-refractivity contribution in [2.24, 2.45) is 5.92 Å². The first-order valence-corrected chi connectivity index (χ1v) is 8.36.